The fourth-order valence-electron chi connectivity index (χ4n) is 1.43. The Labute approximate surface area is 92.4 Å². The van der Waals surface area contributed by atoms with Gasteiger partial charge in [-0.05, 0) is 11.6 Å². The van der Waals surface area contributed by atoms with Gasteiger partial charge in [0, 0.05) is 17.2 Å². The smallest absolute Gasteiger partial charge is 0.423 e. The van der Waals surface area contributed by atoms with Crippen LogP contribution in [0.25, 0.3) is 11.1 Å². The Balaban J connectivity index is 2.52. The third-order valence-corrected chi connectivity index (χ3v) is 2.24. The van der Waals surface area contributed by atoms with Crippen molar-refractivity contribution < 1.29 is 14.4 Å². The van der Waals surface area contributed by atoms with Crippen LogP contribution >= 0.6 is 0 Å². The highest BCUT2D eigenvalue weighted by Crippen LogP contribution is 2.19. The van der Waals surface area contributed by atoms with Crippen LogP contribution in [0.5, 0.6) is 0 Å². The number of benzene rings is 1. The summed E-state index contributed by atoms with van der Waals surface area (Å²) in [7, 11) is -1.64. The first-order chi connectivity index (χ1) is 7.68. The molecular formula is C11H9BFNO2. The van der Waals surface area contributed by atoms with E-state index in [-0.39, 0.29) is 11.0 Å². The van der Waals surface area contributed by atoms with E-state index in [0.29, 0.717) is 5.56 Å². The quantitative estimate of drug-likeness (QED) is 0.571. The van der Waals surface area contributed by atoms with Gasteiger partial charge >= 0.3 is 7.12 Å². The van der Waals surface area contributed by atoms with E-state index >= 15 is 0 Å². The molecule has 0 spiro atoms. The highest BCUT2D eigenvalue weighted by Gasteiger charge is 2.15. The molecule has 0 radical (unpaired) electrons. The number of hydrogen-bond acceptors (Lipinski definition) is 3. The van der Waals surface area contributed by atoms with Crippen LogP contribution in [0, 0.1) is 5.95 Å². The van der Waals surface area contributed by atoms with Gasteiger partial charge in [0.1, 0.15) is 0 Å². The molecule has 1 aromatic heterocycles. The maximum Gasteiger partial charge on any atom is 0.490 e. The summed E-state index contributed by atoms with van der Waals surface area (Å²) in [5, 5.41) is 18.0. The van der Waals surface area contributed by atoms with Crippen molar-refractivity contribution in [2.24, 2.45) is 0 Å². The summed E-state index contributed by atoms with van der Waals surface area (Å²) < 4.78 is 13.4. The Hall–Kier alpha value is -1.72. The van der Waals surface area contributed by atoms with Crippen LogP contribution in [-0.2, 0) is 0 Å². The van der Waals surface area contributed by atoms with E-state index in [1.54, 1.807) is 24.3 Å². The second-order valence-electron chi connectivity index (χ2n) is 3.35. The molecule has 1 aromatic carbocycles. The summed E-state index contributed by atoms with van der Waals surface area (Å²) in [5.41, 5.74) is 1.07. The lowest BCUT2D eigenvalue weighted by Gasteiger charge is -2.05. The summed E-state index contributed by atoms with van der Waals surface area (Å²) in [6.45, 7) is 0. The Bertz CT molecular complexity index is 491. The second kappa shape index (κ2) is 4.43. The molecule has 0 aliphatic heterocycles. The number of halogens is 1. The molecule has 0 aliphatic carbocycles. The normalized spacial score (nSPS) is 10.2. The molecule has 0 saturated heterocycles. The average Bonchev–Trinajstić information content (AvgIpc) is 2.30. The van der Waals surface area contributed by atoms with Crippen molar-refractivity contribution in [2.75, 3.05) is 0 Å². The van der Waals surface area contributed by atoms with Crippen molar-refractivity contribution in [1.82, 2.24) is 4.98 Å². The molecule has 1 heterocycles. The fourth-order valence-corrected chi connectivity index (χ4v) is 1.43. The number of nitrogens with zero attached hydrogens (tertiary/aromatic N) is 1. The topological polar surface area (TPSA) is 53.4 Å². The van der Waals surface area contributed by atoms with Crippen LogP contribution in [0.2, 0.25) is 0 Å². The molecule has 80 valence electrons. The number of hydrogen-bond donors (Lipinski definition) is 2. The Morgan fingerprint density at radius 1 is 1.12 bits per heavy atom. The first-order valence-corrected chi connectivity index (χ1v) is 4.75. The van der Waals surface area contributed by atoms with Gasteiger partial charge < -0.3 is 10.0 Å². The van der Waals surface area contributed by atoms with Crippen LogP contribution < -0.4 is 5.46 Å². The van der Waals surface area contributed by atoms with E-state index in [4.69, 9.17) is 10.0 Å². The highest BCUT2D eigenvalue weighted by atomic mass is 19.1. The summed E-state index contributed by atoms with van der Waals surface area (Å²) in [5.74, 6) is -0.629. The molecule has 0 fully saturated rings. The zero-order valence-electron chi connectivity index (χ0n) is 8.34. The van der Waals surface area contributed by atoms with E-state index in [1.165, 1.54) is 6.07 Å². The minimum Gasteiger partial charge on any atom is -0.423 e. The first-order valence-electron chi connectivity index (χ1n) is 4.75. The number of aromatic nitrogens is 1. The number of pyridine rings is 1. The van der Waals surface area contributed by atoms with Gasteiger partial charge in [-0.3, -0.25) is 0 Å². The lowest BCUT2D eigenvalue weighted by atomic mass is 9.80. The lowest BCUT2D eigenvalue weighted by molar-refractivity contribution is 0.425. The molecule has 0 saturated carbocycles. The second-order valence-corrected chi connectivity index (χ2v) is 3.35. The van der Waals surface area contributed by atoms with E-state index in [2.05, 4.69) is 4.98 Å². The summed E-state index contributed by atoms with van der Waals surface area (Å²) in [4.78, 5) is 3.49. The molecule has 2 N–H and O–H groups in total. The van der Waals surface area contributed by atoms with Crippen LogP contribution in [0.4, 0.5) is 4.39 Å². The third kappa shape index (κ3) is 2.10. The van der Waals surface area contributed by atoms with Gasteiger partial charge in [0.25, 0.3) is 0 Å². The van der Waals surface area contributed by atoms with Crippen LogP contribution in [0.3, 0.4) is 0 Å². The molecule has 0 atom stereocenters. The zero-order chi connectivity index (χ0) is 11.5. The van der Waals surface area contributed by atoms with Crippen LogP contribution in [-0.4, -0.2) is 22.2 Å². The molecule has 0 aliphatic rings. The van der Waals surface area contributed by atoms with Crippen LogP contribution in [0.15, 0.2) is 42.6 Å². The van der Waals surface area contributed by atoms with Crippen molar-refractivity contribution in [2.45, 2.75) is 0 Å². The van der Waals surface area contributed by atoms with E-state index in [9.17, 15) is 4.39 Å². The van der Waals surface area contributed by atoms with Gasteiger partial charge in [0.15, 0.2) is 0 Å². The summed E-state index contributed by atoms with van der Waals surface area (Å²) in [6.07, 6.45) is 1.10. The van der Waals surface area contributed by atoms with E-state index < -0.39 is 13.1 Å². The van der Waals surface area contributed by atoms with Crippen molar-refractivity contribution in [3.8, 4) is 11.1 Å². The lowest BCUT2D eigenvalue weighted by Crippen LogP contribution is -2.30. The van der Waals surface area contributed by atoms with Crippen molar-refractivity contribution >= 4 is 12.6 Å². The molecule has 0 amide bonds. The van der Waals surface area contributed by atoms with Gasteiger partial charge in [-0.25, -0.2) is 4.98 Å². The highest BCUT2D eigenvalue weighted by molar-refractivity contribution is 6.58. The van der Waals surface area contributed by atoms with E-state index in [1.807, 2.05) is 6.07 Å². The van der Waals surface area contributed by atoms with Crippen molar-refractivity contribution in [1.29, 1.82) is 0 Å². The number of rotatable bonds is 2. The predicted octanol–water partition coefficient (Wildman–Crippen LogP) is 0.567. The Morgan fingerprint density at radius 2 is 1.81 bits per heavy atom. The minimum atomic E-state index is -1.64. The maximum atomic E-state index is 13.4. The molecule has 16 heavy (non-hydrogen) atoms. The molecule has 5 heteroatoms. The first kappa shape index (κ1) is 10.8. The molecule has 2 rings (SSSR count). The Kier molecular flexibility index (Phi) is 2.98. The van der Waals surface area contributed by atoms with Gasteiger partial charge in [-0.2, -0.15) is 4.39 Å². The van der Waals surface area contributed by atoms with Gasteiger partial charge in [0.2, 0.25) is 5.95 Å². The van der Waals surface area contributed by atoms with Gasteiger partial charge in [-0.1, -0.05) is 30.3 Å². The molecule has 2 aromatic rings. The largest absolute Gasteiger partial charge is 0.490 e. The SMILES string of the molecule is OB(O)c1cnc(F)c(-c2ccccc2)c1. The van der Waals surface area contributed by atoms with E-state index in [0.717, 1.165) is 6.20 Å². The Morgan fingerprint density at radius 3 is 2.44 bits per heavy atom. The molecule has 0 unspecified atom stereocenters. The monoisotopic (exact) mass is 217 g/mol. The molecule has 3 nitrogen and oxygen atoms in total. The van der Waals surface area contributed by atoms with Crippen LogP contribution in [0.1, 0.15) is 0 Å². The standard InChI is InChI=1S/C11H9BFNO2/c13-11-10(8-4-2-1-3-5-8)6-9(7-14-11)12(15)16/h1-7,15-16H. The van der Waals surface area contributed by atoms with Crippen molar-refractivity contribution in [3.05, 3.63) is 48.5 Å². The maximum absolute atomic E-state index is 13.4. The van der Waals surface area contributed by atoms with Gasteiger partial charge in [0.05, 0.1) is 0 Å². The summed E-state index contributed by atoms with van der Waals surface area (Å²) in [6, 6.07) is 10.2. The molecular weight excluding hydrogens is 208 g/mol. The van der Waals surface area contributed by atoms with Crippen molar-refractivity contribution in [3.63, 3.8) is 0 Å². The zero-order valence-corrected chi connectivity index (χ0v) is 8.34. The predicted molar refractivity (Wildman–Crippen MR) is 59.5 cm³/mol. The van der Waals surface area contributed by atoms with Gasteiger partial charge in [-0.15, -0.1) is 0 Å². The molecule has 0 bridgehead atoms. The third-order valence-electron chi connectivity index (χ3n) is 2.24. The minimum absolute atomic E-state index is 0.167. The average molecular weight is 217 g/mol. The fraction of sp³-hybridized carbons (Fsp3) is 0. The summed E-state index contributed by atoms with van der Waals surface area (Å²) >= 11 is 0.